The number of ether oxygens (including phenoxy) is 3. The lowest BCUT2D eigenvalue weighted by atomic mass is 10.1. The molecule has 0 spiro atoms. The highest BCUT2D eigenvalue weighted by atomic mass is 127. The minimum atomic E-state index is -0.489. The summed E-state index contributed by atoms with van der Waals surface area (Å²) in [6, 6.07) is 0. The highest BCUT2D eigenvalue weighted by molar-refractivity contribution is 14.1. The summed E-state index contributed by atoms with van der Waals surface area (Å²) in [5.74, 6) is 0.522. The Morgan fingerprint density at radius 3 is 2.22 bits per heavy atom. The van der Waals surface area contributed by atoms with E-state index in [0.717, 1.165) is 11.0 Å². The van der Waals surface area contributed by atoms with Crippen LogP contribution in [-0.4, -0.2) is 59.5 Å². The van der Waals surface area contributed by atoms with Crippen molar-refractivity contribution in [1.82, 2.24) is 4.90 Å². The van der Waals surface area contributed by atoms with Crippen LogP contribution in [0.5, 0.6) is 0 Å². The minimum absolute atomic E-state index is 0.296. The molecule has 0 saturated carbocycles. The van der Waals surface area contributed by atoms with Crippen LogP contribution in [-0.2, 0) is 14.2 Å². The molecule has 0 bridgehead atoms. The number of alkyl halides is 1. The predicted molar refractivity (Wildman–Crippen MR) is 102 cm³/mol. The van der Waals surface area contributed by atoms with Gasteiger partial charge in [0.25, 0.3) is 0 Å². The van der Waals surface area contributed by atoms with Crippen molar-refractivity contribution in [3.8, 4) is 0 Å². The summed E-state index contributed by atoms with van der Waals surface area (Å²) in [5.41, 5.74) is -0.897. The maximum atomic E-state index is 12.3. The molecular formula is C17H34INO4. The van der Waals surface area contributed by atoms with Crippen LogP contribution in [0.25, 0.3) is 0 Å². The predicted octanol–water partition coefficient (Wildman–Crippen LogP) is 4.13. The molecule has 0 saturated heterocycles. The second-order valence-corrected chi connectivity index (χ2v) is 8.16. The number of likely N-dealkylation sites (N-methyl/N-ethyl adjacent to an activating group) is 1. The van der Waals surface area contributed by atoms with Gasteiger partial charge in [-0.25, -0.2) is 4.79 Å². The Labute approximate surface area is 155 Å². The number of halogens is 1. The molecule has 0 aliphatic carbocycles. The molecule has 0 N–H and O–H groups in total. The molecule has 1 atom stereocenters. The SMILES string of the molecule is CCN(CC(C)(CI)OCCOCC(C)C)C(=O)OC(C)(C)C. The summed E-state index contributed by atoms with van der Waals surface area (Å²) in [4.78, 5) is 13.9. The van der Waals surface area contributed by atoms with Gasteiger partial charge in [-0.3, -0.25) is 0 Å². The molecule has 6 heteroatoms. The summed E-state index contributed by atoms with van der Waals surface area (Å²) in [6.45, 7) is 16.8. The third-order valence-corrected chi connectivity index (χ3v) is 4.58. The van der Waals surface area contributed by atoms with Gasteiger partial charge in [-0.1, -0.05) is 36.4 Å². The van der Waals surface area contributed by atoms with Crippen LogP contribution in [0, 0.1) is 5.92 Å². The molecule has 0 rings (SSSR count). The second-order valence-electron chi connectivity index (χ2n) is 7.40. The lowest BCUT2D eigenvalue weighted by Crippen LogP contribution is -2.48. The van der Waals surface area contributed by atoms with Crippen molar-refractivity contribution in [2.45, 2.75) is 59.7 Å². The van der Waals surface area contributed by atoms with Crippen molar-refractivity contribution in [2.24, 2.45) is 5.92 Å². The normalized spacial score (nSPS) is 14.7. The molecule has 0 heterocycles. The third-order valence-electron chi connectivity index (χ3n) is 2.97. The molecule has 1 amide bonds. The van der Waals surface area contributed by atoms with E-state index in [1.54, 1.807) is 4.90 Å². The molecule has 0 aliphatic rings. The molecule has 23 heavy (non-hydrogen) atoms. The molecule has 0 aromatic rings. The second kappa shape index (κ2) is 10.7. The Kier molecular flexibility index (Phi) is 10.7. The van der Waals surface area contributed by atoms with Gasteiger partial charge in [-0.2, -0.15) is 0 Å². The first-order chi connectivity index (χ1) is 10.5. The molecule has 5 nitrogen and oxygen atoms in total. The zero-order chi connectivity index (χ0) is 18.1. The van der Waals surface area contributed by atoms with E-state index >= 15 is 0 Å². The quantitative estimate of drug-likeness (QED) is 0.290. The average Bonchev–Trinajstić information content (AvgIpc) is 2.42. The van der Waals surface area contributed by atoms with Gasteiger partial charge in [0.1, 0.15) is 5.60 Å². The number of carbonyl (C=O) groups is 1. The Hall–Kier alpha value is -0.0800. The van der Waals surface area contributed by atoms with Gasteiger partial charge in [-0.05, 0) is 40.5 Å². The summed E-state index contributed by atoms with van der Waals surface area (Å²) < 4.78 is 17.8. The van der Waals surface area contributed by atoms with Crippen molar-refractivity contribution >= 4 is 28.7 Å². The van der Waals surface area contributed by atoms with Crippen LogP contribution in [0.2, 0.25) is 0 Å². The maximum absolute atomic E-state index is 12.3. The molecule has 0 aliphatic heterocycles. The van der Waals surface area contributed by atoms with E-state index in [0.29, 0.717) is 32.2 Å². The summed E-state index contributed by atoms with van der Waals surface area (Å²) in [5, 5.41) is 0. The van der Waals surface area contributed by atoms with E-state index in [1.165, 1.54) is 0 Å². The highest BCUT2D eigenvalue weighted by Gasteiger charge is 2.30. The zero-order valence-electron chi connectivity index (χ0n) is 15.8. The molecule has 138 valence electrons. The van der Waals surface area contributed by atoms with Gasteiger partial charge in [0.05, 0.1) is 25.4 Å². The summed E-state index contributed by atoms with van der Waals surface area (Å²) >= 11 is 2.29. The number of hydrogen-bond donors (Lipinski definition) is 0. The number of hydrogen-bond acceptors (Lipinski definition) is 4. The first-order valence-corrected chi connectivity index (χ1v) is 9.81. The highest BCUT2D eigenvalue weighted by Crippen LogP contribution is 2.18. The fourth-order valence-electron chi connectivity index (χ4n) is 1.83. The summed E-state index contributed by atoms with van der Waals surface area (Å²) in [7, 11) is 0. The van der Waals surface area contributed by atoms with Crippen molar-refractivity contribution in [2.75, 3.05) is 37.3 Å². The number of carbonyl (C=O) groups excluding carboxylic acids is 1. The van der Waals surface area contributed by atoms with Gasteiger partial charge in [0, 0.05) is 17.6 Å². The smallest absolute Gasteiger partial charge is 0.410 e. The third kappa shape index (κ3) is 11.2. The Balaban J connectivity index is 4.46. The van der Waals surface area contributed by atoms with Crippen LogP contribution >= 0.6 is 22.6 Å². The first kappa shape index (κ1) is 22.9. The van der Waals surface area contributed by atoms with Crippen LogP contribution in [0.3, 0.4) is 0 Å². The van der Waals surface area contributed by atoms with E-state index in [-0.39, 0.29) is 6.09 Å². The molecule has 0 radical (unpaired) electrons. The van der Waals surface area contributed by atoms with Crippen molar-refractivity contribution in [1.29, 1.82) is 0 Å². The largest absolute Gasteiger partial charge is 0.444 e. The van der Waals surface area contributed by atoms with Crippen LogP contribution < -0.4 is 0 Å². The van der Waals surface area contributed by atoms with E-state index in [2.05, 4.69) is 36.4 Å². The standard InChI is InChI=1S/C17H34INO4/c1-8-19(15(20)23-16(4,5)6)13-17(7,12-18)22-10-9-21-11-14(2)3/h14H,8-13H2,1-7H3. The first-order valence-electron chi connectivity index (χ1n) is 8.28. The fourth-order valence-corrected chi connectivity index (χ4v) is 2.29. The lowest BCUT2D eigenvalue weighted by Gasteiger charge is -2.35. The molecule has 0 fully saturated rings. The average molecular weight is 443 g/mol. The number of rotatable bonds is 10. The van der Waals surface area contributed by atoms with Gasteiger partial charge in [0.2, 0.25) is 0 Å². The zero-order valence-corrected chi connectivity index (χ0v) is 17.9. The number of amides is 1. The van der Waals surface area contributed by atoms with Crippen molar-refractivity contribution in [3.05, 3.63) is 0 Å². The van der Waals surface area contributed by atoms with Crippen LogP contribution in [0.4, 0.5) is 4.79 Å². The summed E-state index contributed by atoms with van der Waals surface area (Å²) in [6.07, 6.45) is -0.296. The van der Waals surface area contributed by atoms with Crippen molar-refractivity contribution < 1.29 is 19.0 Å². The minimum Gasteiger partial charge on any atom is -0.444 e. The van der Waals surface area contributed by atoms with Gasteiger partial charge < -0.3 is 19.1 Å². The monoisotopic (exact) mass is 443 g/mol. The van der Waals surface area contributed by atoms with E-state index < -0.39 is 11.2 Å². The maximum Gasteiger partial charge on any atom is 0.410 e. The Morgan fingerprint density at radius 2 is 1.78 bits per heavy atom. The van der Waals surface area contributed by atoms with E-state index in [9.17, 15) is 4.79 Å². The van der Waals surface area contributed by atoms with Gasteiger partial charge in [0.15, 0.2) is 0 Å². The molecular weight excluding hydrogens is 409 g/mol. The van der Waals surface area contributed by atoms with Gasteiger partial charge >= 0.3 is 6.09 Å². The van der Waals surface area contributed by atoms with Crippen LogP contribution in [0.1, 0.15) is 48.5 Å². The Morgan fingerprint density at radius 1 is 1.17 bits per heavy atom. The molecule has 0 aromatic heterocycles. The lowest BCUT2D eigenvalue weighted by molar-refractivity contribution is -0.0618. The van der Waals surface area contributed by atoms with E-state index in [4.69, 9.17) is 14.2 Å². The van der Waals surface area contributed by atoms with Crippen molar-refractivity contribution in [3.63, 3.8) is 0 Å². The topological polar surface area (TPSA) is 48.0 Å². The number of nitrogens with zero attached hydrogens (tertiary/aromatic N) is 1. The van der Waals surface area contributed by atoms with Gasteiger partial charge in [-0.15, -0.1) is 0 Å². The molecule has 1 unspecified atom stereocenters. The fraction of sp³-hybridized carbons (Fsp3) is 0.941. The van der Waals surface area contributed by atoms with Crippen LogP contribution in [0.15, 0.2) is 0 Å². The molecule has 0 aromatic carbocycles. The van der Waals surface area contributed by atoms with E-state index in [1.807, 2.05) is 34.6 Å². The Bertz CT molecular complexity index is 344.